The van der Waals surface area contributed by atoms with Crippen LogP contribution in [0, 0.1) is 5.92 Å². The lowest BCUT2D eigenvalue weighted by Gasteiger charge is -2.28. The van der Waals surface area contributed by atoms with Crippen molar-refractivity contribution in [2.24, 2.45) is 5.92 Å². The summed E-state index contributed by atoms with van der Waals surface area (Å²) in [6.45, 7) is 4.60. The first kappa shape index (κ1) is 9.59. The number of nitrogens with one attached hydrogen (secondary N) is 1. The topological polar surface area (TPSA) is 37.8 Å². The number of hydrogen-bond acceptors (Lipinski definition) is 3. The van der Waals surface area contributed by atoms with Crippen LogP contribution in [0.3, 0.4) is 0 Å². The maximum absolute atomic E-state index is 4.07. The molecular weight excluding hydrogens is 174 g/mol. The van der Waals surface area contributed by atoms with E-state index in [0.29, 0.717) is 5.92 Å². The molecule has 1 aromatic heterocycles. The Morgan fingerprint density at radius 3 is 2.57 bits per heavy atom. The minimum Gasteiger partial charge on any atom is -0.317 e. The van der Waals surface area contributed by atoms with Gasteiger partial charge in [-0.15, -0.1) is 0 Å². The Bertz CT molecular complexity index is 267. The molecular formula is C11H17N3. The minimum absolute atomic E-state index is 0.596. The summed E-state index contributed by atoms with van der Waals surface area (Å²) in [7, 11) is 0. The molecule has 1 aromatic rings. The third-order valence-electron chi connectivity index (χ3n) is 3.20. The lowest BCUT2D eigenvalue weighted by Crippen LogP contribution is -2.30. The summed E-state index contributed by atoms with van der Waals surface area (Å²) >= 11 is 0. The van der Waals surface area contributed by atoms with Gasteiger partial charge >= 0.3 is 0 Å². The summed E-state index contributed by atoms with van der Waals surface area (Å²) in [4.78, 5) is 8.15. The van der Waals surface area contributed by atoms with E-state index in [4.69, 9.17) is 0 Å². The van der Waals surface area contributed by atoms with Crippen LogP contribution in [0.2, 0.25) is 0 Å². The Hall–Kier alpha value is -0.960. The SMILES string of the molecule is CC(c1cncnc1)C1CCNCC1. The highest BCUT2D eigenvalue weighted by Crippen LogP contribution is 2.29. The number of aromatic nitrogens is 2. The molecule has 1 fully saturated rings. The van der Waals surface area contributed by atoms with E-state index >= 15 is 0 Å². The van der Waals surface area contributed by atoms with Crippen LogP contribution >= 0.6 is 0 Å². The minimum atomic E-state index is 0.596. The summed E-state index contributed by atoms with van der Waals surface area (Å²) in [6.07, 6.45) is 8.03. The molecule has 1 unspecified atom stereocenters. The van der Waals surface area contributed by atoms with Crippen molar-refractivity contribution < 1.29 is 0 Å². The van der Waals surface area contributed by atoms with Crippen LogP contribution in [0.1, 0.15) is 31.2 Å². The molecule has 0 bridgehead atoms. The fourth-order valence-corrected chi connectivity index (χ4v) is 2.16. The van der Waals surface area contributed by atoms with Gasteiger partial charge in [0.25, 0.3) is 0 Å². The molecule has 3 nitrogen and oxygen atoms in total. The van der Waals surface area contributed by atoms with Crippen LogP contribution in [0.15, 0.2) is 18.7 Å². The lowest BCUT2D eigenvalue weighted by molar-refractivity contribution is 0.329. The normalized spacial score (nSPS) is 20.6. The van der Waals surface area contributed by atoms with Crippen LogP contribution in [0.5, 0.6) is 0 Å². The van der Waals surface area contributed by atoms with E-state index in [9.17, 15) is 0 Å². The highest BCUT2D eigenvalue weighted by molar-refractivity contribution is 5.10. The first-order chi connectivity index (χ1) is 6.88. The monoisotopic (exact) mass is 191 g/mol. The molecule has 1 aliphatic rings. The zero-order valence-electron chi connectivity index (χ0n) is 8.61. The highest BCUT2D eigenvalue weighted by atomic mass is 14.9. The van der Waals surface area contributed by atoms with E-state index in [1.807, 2.05) is 12.4 Å². The molecule has 76 valence electrons. The van der Waals surface area contributed by atoms with Crippen molar-refractivity contribution in [1.82, 2.24) is 15.3 Å². The Kier molecular flexibility index (Phi) is 3.09. The summed E-state index contributed by atoms with van der Waals surface area (Å²) in [5, 5.41) is 3.39. The Morgan fingerprint density at radius 1 is 1.29 bits per heavy atom. The van der Waals surface area contributed by atoms with Crippen LogP contribution in [-0.4, -0.2) is 23.1 Å². The van der Waals surface area contributed by atoms with E-state index in [1.54, 1.807) is 6.33 Å². The molecule has 2 rings (SSSR count). The maximum Gasteiger partial charge on any atom is 0.115 e. The van der Waals surface area contributed by atoms with E-state index in [2.05, 4.69) is 22.2 Å². The van der Waals surface area contributed by atoms with Crippen molar-refractivity contribution in [2.75, 3.05) is 13.1 Å². The van der Waals surface area contributed by atoms with E-state index in [1.165, 1.54) is 18.4 Å². The van der Waals surface area contributed by atoms with E-state index in [0.717, 1.165) is 19.0 Å². The second kappa shape index (κ2) is 4.51. The molecule has 0 radical (unpaired) electrons. The van der Waals surface area contributed by atoms with Crippen molar-refractivity contribution in [3.05, 3.63) is 24.3 Å². The van der Waals surface area contributed by atoms with Gasteiger partial charge in [-0.3, -0.25) is 0 Å². The smallest absolute Gasteiger partial charge is 0.115 e. The molecule has 0 amide bonds. The molecule has 0 aliphatic carbocycles. The number of hydrogen-bond donors (Lipinski definition) is 1. The third-order valence-corrected chi connectivity index (χ3v) is 3.20. The van der Waals surface area contributed by atoms with Gasteiger partial charge in [0.05, 0.1) is 0 Å². The van der Waals surface area contributed by atoms with Gasteiger partial charge < -0.3 is 5.32 Å². The van der Waals surface area contributed by atoms with Gasteiger partial charge in [0.1, 0.15) is 6.33 Å². The van der Waals surface area contributed by atoms with Crippen molar-refractivity contribution in [3.8, 4) is 0 Å². The second-order valence-electron chi connectivity index (χ2n) is 4.05. The zero-order valence-corrected chi connectivity index (χ0v) is 8.61. The molecule has 0 saturated carbocycles. The zero-order chi connectivity index (χ0) is 9.80. The van der Waals surface area contributed by atoms with Gasteiger partial charge in [-0.2, -0.15) is 0 Å². The van der Waals surface area contributed by atoms with Gasteiger partial charge in [-0.1, -0.05) is 6.92 Å². The van der Waals surface area contributed by atoms with Crippen LogP contribution < -0.4 is 5.32 Å². The third kappa shape index (κ3) is 2.10. The fraction of sp³-hybridized carbons (Fsp3) is 0.636. The van der Waals surface area contributed by atoms with E-state index < -0.39 is 0 Å². The summed E-state index contributed by atoms with van der Waals surface area (Å²) in [5.41, 5.74) is 1.28. The Morgan fingerprint density at radius 2 is 1.93 bits per heavy atom. The van der Waals surface area contributed by atoms with E-state index in [-0.39, 0.29) is 0 Å². The van der Waals surface area contributed by atoms with Crippen LogP contribution in [0.25, 0.3) is 0 Å². The predicted molar refractivity (Wildman–Crippen MR) is 56.0 cm³/mol. The fourth-order valence-electron chi connectivity index (χ4n) is 2.16. The van der Waals surface area contributed by atoms with Gasteiger partial charge in [-0.05, 0) is 43.3 Å². The second-order valence-corrected chi connectivity index (χ2v) is 4.05. The van der Waals surface area contributed by atoms with Gasteiger partial charge in [-0.25, -0.2) is 9.97 Å². The summed E-state index contributed by atoms with van der Waals surface area (Å²) in [6, 6.07) is 0. The summed E-state index contributed by atoms with van der Waals surface area (Å²) in [5.74, 6) is 1.39. The Balaban J connectivity index is 2.03. The molecule has 1 aliphatic heterocycles. The molecule has 0 aromatic carbocycles. The largest absolute Gasteiger partial charge is 0.317 e. The molecule has 2 heterocycles. The molecule has 14 heavy (non-hydrogen) atoms. The standard InChI is InChI=1S/C11H17N3/c1-9(10-2-4-12-5-3-10)11-6-13-8-14-7-11/h6-10,12H,2-5H2,1H3. The van der Waals surface area contributed by atoms with Gasteiger partial charge in [0.15, 0.2) is 0 Å². The van der Waals surface area contributed by atoms with Gasteiger partial charge in [0, 0.05) is 12.4 Å². The quantitative estimate of drug-likeness (QED) is 0.771. The van der Waals surface area contributed by atoms with Crippen molar-refractivity contribution >= 4 is 0 Å². The Labute approximate surface area is 85.0 Å². The summed E-state index contributed by atoms with van der Waals surface area (Å²) < 4.78 is 0. The van der Waals surface area contributed by atoms with Crippen LogP contribution in [0.4, 0.5) is 0 Å². The average Bonchev–Trinajstić information content (AvgIpc) is 2.30. The number of nitrogens with zero attached hydrogens (tertiary/aromatic N) is 2. The maximum atomic E-state index is 4.07. The molecule has 1 saturated heterocycles. The van der Waals surface area contributed by atoms with Crippen LogP contribution in [-0.2, 0) is 0 Å². The van der Waals surface area contributed by atoms with Crippen molar-refractivity contribution in [2.45, 2.75) is 25.7 Å². The first-order valence-corrected chi connectivity index (χ1v) is 5.33. The number of rotatable bonds is 2. The molecule has 1 atom stereocenters. The average molecular weight is 191 g/mol. The lowest BCUT2D eigenvalue weighted by atomic mass is 9.83. The first-order valence-electron chi connectivity index (χ1n) is 5.33. The predicted octanol–water partition coefficient (Wildman–Crippen LogP) is 1.58. The molecule has 0 spiro atoms. The van der Waals surface area contributed by atoms with Crippen molar-refractivity contribution in [1.29, 1.82) is 0 Å². The molecule has 3 heteroatoms. The highest BCUT2D eigenvalue weighted by Gasteiger charge is 2.21. The van der Waals surface area contributed by atoms with Crippen molar-refractivity contribution in [3.63, 3.8) is 0 Å². The molecule has 1 N–H and O–H groups in total. The number of piperidine rings is 1. The van der Waals surface area contributed by atoms with Gasteiger partial charge in [0.2, 0.25) is 0 Å².